The first-order chi connectivity index (χ1) is 18.0. The van der Waals surface area contributed by atoms with E-state index in [1.165, 1.54) is 12.1 Å². The molecule has 8 nitrogen and oxygen atoms in total. The zero-order valence-corrected chi connectivity index (χ0v) is 21.7. The van der Waals surface area contributed by atoms with E-state index in [-0.39, 0.29) is 34.4 Å². The highest BCUT2D eigenvalue weighted by atomic mass is 35.5. The number of H-pyrrole nitrogens is 1. The number of ether oxygens (including phenoxy) is 1. The van der Waals surface area contributed by atoms with Gasteiger partial charge in [-0.1, -0.05) is 11.6 Å². The Balaban J connectivity index is 0.000000268. The summed E-state index contributed by atoms with van der Waals surface area (Å²) in [5.74, 6) is -2.00. The molecule has 216 valence electrons. The molecule has 1 aliphatic heterocycles. The topological polar surface area (TPSA) is 108 Å². The number of hydrogen-bond donors (Lipinski definition) is 3. The van der Waals surface area contributed by atoms with E-state index in [1.54, 1.807) is 6.07 Å². The predicted octanol–water partition coefficient (Wildman–Crippen LogP) is 6.24. The molecule has 2 aromatic rings. The molecular weight excluding hydrogens is 558 g/mol. The van der Waals surface area contributed by atoms with Crippen molar-refractivity contribution in [2.45, 2.75) is 70.0 Å². The van der Waals surface area contributed by atoms with Crippen molar-refractivity contribution in [3.8, 4) is 0 Å². The molecule has 1 unspecified atom stereocenters. The Hall–Kier alpha value is -3.00. The number of nitrogens with zero attached hydrogens (tertiary/aromatic N) is 2. The molecule has 0 spiro atoms. The van der Waals surface area contributed by atoms with Crippen LogP contribution in [0.25, 0.3) is 0 Å². The number of benzene rings is 1. The fraction of sp³-hybridized carbons (Fsp3) is 0.542. The van der Waals surface area contributed by atoms with Crippen LogP contribution in [0.15, 0.2) is 18.2 Å². The van der Waals surface area contributed by atoms with Gasteiger partial charge in [0.1, 0.15) is 0 Å². The number of alkyl halides is 6. The molecule has 2 aliphatic rings. The van der Waals surface area contributed by atoms with Crippen LogP contribution in [-0.2, 0) is 15.7 Å². The molecule has 15 heteroatoms. The van der Waals surface area contributed by atoms with Crippen LogP contribution in [0.3, 0.4) is 0 Å². The van der Waals surface area contributed by atoms with Gasteiger partial charge in [0.2, 0.25) is 5.91 Å². The van der Waals surface area contributed by atoms with Gasteiger partial charge in [-0.15, -0.1) is 0 Å². The molecular formula is C24H27ClF6N4O4. The summed E-state index contributed by atoms with van der Waals surface area (Å²) in [7, 11) is 0. The fourth-order valence-corrected chi connectivity index (χ4v) is 4.39. The summed E-state index contributed by atoms with van der Waals surface area (Å²) in [6, 6.07) is 4.44. The van der Waals surface area contributed by atoms with Crippen molar-refractivity contribution >= 4 is 34.9 Å². The van der Waals surface area contributed by atoms with Crippen molar-refractivity contribution in [2.75, 3.05) is 23.3 Å². The van der Waals surface area contributed by atoms with Gasteiger partial charge < -0.3 is 20.1 Å². The number of morpholine rings is 1. The first-order valence-corrected chi connectivity index (χ1v) is 12.4. The minimum absolute atomic E-state index is 0.0197. The molecule has 1 saturated heterocycles. The number of anilines is 2. The lowest BCUT2D eigenvalue weighted by atomic mass is 10.1. The van der Waals surface area contributed by atoms with Crippen LogP contribution < -0.4 is 10.2 Å². The van der Waals surface area contributed by atoms with E-state index < -0.39 is 42.8 Å². The van der Waals surface area contributed by atoms with Gasteiger partial charge in [0.15, 0.2) is 5.69 Å². The average Bonchev–Trinajstić information content (AvgIpc) is 3.57. The molecule has 2 heterocycles. The van der Waals surface area contributed by atoms with Crippen LogP contribution in [0.5, 0.6) is 0 Å². The van der Waals surface area contributed by atoms with Crippen LogP contribution in [-0.4, -0.2) is 58.7 Å². The lowest BCUT2D eigenvalue weighted by Crippen LogP contribution is -2.45. The molecule has 0 radical (unpaired) electrons. The van der Waals surface area contributed by atoms with Crippen molar-refractivity contribution in [1.82, 2.24) is 10.2 Å². The second kappa shape index (κ2) is 12.0. The molecule has 3 N–H and O–H groups in total. The SMILES string of the molecule is CC1CN(c2ccc(NC(=O)CCC(F)(F)F)c(C(=O)O)c2)C[C@H](C)O1.FC(F)(F)c1n[nH]c(C2CC2)c1Cl. The molecule has 1 amide bonds. The highest BCUT2D eigenvalue weighted by molar-refractivity contribution is 6.32. The number of nitrogens with one attached hydrogen (secondary N) is 2. The number of aromatic nitrogens is 2. The first kappa shape index (κ1) is 30.5. The minimum atomic E-state index is -4.46. The van der Waals surface area contributed by atoms with E-state index in [4.69, 9.17) is 16.3 Å². The highest BCUT2D eigenvalue weighted by Crippen LogP contribution is 2.45. The zero-order chi connectivity index (χ0) is 29.1. The van der Waals surface area contributed by atoms with Crippen molar-refractivity contribution in [2.24, 2.45) is 0 Å². The van der Waals surface area contributed by atoms with Crippen molar-refractivity contribution in [3.05, 3.63) is 40.2 Å². The highest BCUT2D eigenvalue weighted by Gasteiger charge is 2.40. The normalized spacial score (nSPS) is 19.8. The lowest BCUT2D eigenvalue weighted by molar-refractivity contribution is -0.142. The molecule has 1 aromatic carbocycles. The van der Waals surface area contributed by atoms with Crippen LogP contribution in [0.2, 0.25) is 5.02 Å². The maximum Gasteiger partial charge on any atom is 0.436 e. The Morgan fingerprint density at radius 2 is 1.77 bits per heavy atom. The van der Waals surface area contributed by atoms with Crippen LogP contribution >= 0.6 is 11.6 Å². The third-order valence-corrected chi connectivity index (χ3v) is 6.30. The average molecular weight is 585 g/mol. The summed E-state index contributed by atoms with van der Waals surface area (Å²) in [5, 5.41) is 16.9. The Kier molecular flexibility index (Phi) is 9.42. The zero-order valence-electron chi connectivity index (χ0n) is 20.9. The number of amides is 1. The van der Waals surface area contributed by atoms with Gasteiger partial charge in [-0.25, -0.2) is 4.79 Å². The van der Waals surface area contributed by atoms with E-state index >= 15 is 0 Å². The van der Waals surface area contributed by atoms with Crippen molar-refractivity contribution in [3.63, 3.8) is 0 Å². The van der Waals surface area contributed by atoms with Crippen molar-refractivity contribution < 1.29 is 45.8 Å². The van der Waals surface area contributed by atoms with E-state index in [0.29, 0.717) is 24.5 Å². The minimum Gasteiger partial charge on any atom is -0.478 e. The van der Waals surface area contributed by atoms with E-state index in [9.17, 15) is 41.0 Å². The van der Waals surface area contributed by atoms with Crippen LogP contribution in [0.1, 0.15) is 67.2 Å². The number of halogens is 7. The first-order valence-electron chi connectivity index (χ1n) is 12.0. The van der Waals surface area contributed by atoms with E-state index in [1.807, 2.05) is 18.7 Å². The van der Waals surface area contributed by atoms with Crippen LogP contribution in [0.4, 0.5) is 37.7 Å². The number of aromatic carboxylic acids is 1. The number of carbonyl (C=O) groups excluding carboxylic acids is 1. The molecule has 4 rings (SSSR count). The third-order valence-electron chi connectivity index (χ3n) is 5.91. The second-order valence-electron chi connectivity index (χ2n) is 9.43. The maximum absolute atomic E-state index is 12.2. The summed E-state index contributed by atoms with van der Waals surface area (Å²) in [6.45, 7) is 4.99. The monoisotopic (exact) mass is 584 g/mol. The summed E-state index contributed by atoms with van der Waals surface area (Å²) in [4.78, 5) is 25.2. The third kappa shape index (κ3) is 8.75. The van der Waals surface area contributed by atoms with Gasteiger partial charge in [-0.3, -0.25) is 9.89 Å². The summed E-state index contributed by atoms with van der Waals surface area (Å²) >= 11 is 5.53. The number of carboxylic acid groups (broad SMARTS) is 1. The van der Waals surface area contributed by atoms with Gasteiger partial charge in [0.05, 0.1) is 40.6 Å². The Morgan fingerprint density at radius 3 is 2.26 bits per heavy atom. The largest absolute Gasteiger partial charge is 0.478 e. The molecule has 1 aromatic heterocycles. The fourth-order valence-electron chi connectivity index (χ4n) is 4.04. The van der Waals surface area contributed by atoms with Gasteiger partial charge in [0, 0.05) is 31.1 Å². The molecule has 2 fully saturated rings. The van der Waals surface area contributed by atoms with Gasteiger partial charge >= 0.3 is 18.3 Å². The van der Waals surface area contributed by atoms with E-state index in [2.05, 4.69) is 15.5 Å². The molecule has 0 bridgehead atoms. The Bertz CT molecular complexity index is 1170. The Labute approximate surface area is 224 Å². The smallest absolute Gasteiger partial charge is 0.436 e. The summed E-state index contributed by atoms with van der Waals surface area (Å²) in [6.07, 6.45) is -9.19. The standard InChI is InChI=1S/C17H21F3N2O4.C7H6ClF3N2/c1-10-8-22(9-11(2)26-10)12-3-4-14(13(7-12)16(24)25)21-15(23)5-6-17(18,19)20;8-4-5(3-1-2-3)12-13-6(4)7(9,10)11/h3-4,7,10-11H,5-6,8-9H2,1-2H3,(H,21,23)(H,24,25);3H,1-2H2,(H,12,13)/t10-,11?;/m0./s1. The molecule has 39 heavy (non-hydrogen) atoms. The van der Waals surface area contributed by atoms with Gasteiger partial charge in [-0.05, 0) is 44.9 Å². The van der Waals surface area contributed by atoms with Crippen molar-refractivity contribution in [1.29, 1.82) is 0 Å². The number of carboxylic acids is 1. The summed E-state index contributed by atoms with van der Waals surface area (Å²) in [5.41, 5.74) is -0.125. The Morgan fingerprint density at radius 1 is 1.15 bits per heavy atom. The number of hydrogen-bond acceptors (Lipinski definition) is 5. The quantitative estimate of drug-likeness (QED) is 0.347. The maximum atomic E-state index is 12.2. The lowest BCUT2D eigenvalue weighted by Gasteiger charge is -2.37. The predicted molar refractivity (Wildman–Crippen MR) is 130 cm³/mol. The number of carbonyl (C=O) groups is 2. The van der Waals surface area contributed by atoms with Gasteiger partial charge in [-0.2, -0.15) is 31.4 Å². The molecule has 1 saturated carbocycles. The molecule has 2 atom stereocenters. The molecule has 1 aliphatic carbocycles. The number of aromatic amines is 1. The van der Waals surface area contributed by atoms with Crippen LogP contribution in [0, 0.1) is 0 Å². The second-order valence-corrected chi connectivity index (χ2v) is 9.81. The van der Waals surface area contributed by atoms with E-state index in [0.717, 1.165) is 12.8 Å². The number of rotatable bonds is 6. The van der Waals surface area contributed by atoms with Gasteiger partial charge in [0.25, 0.3) is 0 Å². The summed E-state index contributed by atoms with van der Waals surface area (Å²) < 4.78 is 78.8.